The van der Waals surface area contributed by atoms with Crippen LogP contribution < -0.4 is 10.2 Å². The van der Waals surface area contributed by atoms with E-state index in [0.717, 1.165) is 17.9 Å². The van der Waals surface area contributed by atoms with Crippen LogP contribution in [0.15, 0.2) is 23.7 Å². The number of thiophene rings is 1. The van der Waals surface area contributed by atoms with Crippen LogP contribution in [0.1, 0.15) is 24.3 Å². The Balaban J connectivity index is 2.33. The molecule has 0 atom stereocenters. The summed E-state index contributed by atoms with van der Waals surface area (Å²) in [5.74, 6) is 1.67. The summed E-state index contributed by atoms with van der Waals surface area (Å²) >= 11 is 1.78. The third kappa shape index (κ3) is 3.23. The molecule has 2 rings (SSSR count). The quantitative estimate of drug-likeness (QED) is 0.909. The van der Waals surface area contributed by atoms with E-state index in [0.29, 0.717) is 12.0 Å². The van der Waals surface area contributed by atoms with E-state index in [1.807, 2.05) is 13.2 Å². The van der Waals surface area contributed by atoms with Crippen LogP contribution in [0.25, 0.3) is 0 Å². The highest BCUT2D eigenvalue weighted by Gasteiger charge is 2.16. The molecule has 2 heterocycles. The van der Waals surface area contributed by atoms with E-state index in [2.05, 4.69) is 58.5 Å². The first-order valence-electron chi connectivity index (χ1n) is 6.42. The van der Waals surface area contributed by atoms with Crippen molar-refractivity contribution in [1.29, 1.82) is 0 Å². The van der Waals surface area contributed by atoms with Crippen LogP contribution in [0.2, 0.25) is 0 Å². The summed E-state index contributed by atoms with van der Waals surface area (Å²) in [6, 6.07) is 4.64. The normalized spacial score (nSPS) is 10.8. The Morgan fingerprint density at radius 3 is 2.79 bits per heavy atom. The number of rotatable bonds is 5. The van der Waals surface area contributed by atoms with Gasteiger partial charge in [0, 0.05) is 29.7 Å². The Hall–Kier alpha value is -1.62. The van der Waals surface area contributed by atoms with Crippen molar-refractivity contribution >= 4 is 23.1 Å². The van der Waals surface area contributed by atoms with Crippen molar-refractivity contribution in [1.82, 2.24) is 9.97 Å². The van der Waals surface area contributed by atoms with Crippen molar-refractivity contribution in [3.8, 4) is 0 Å². The minimum Gasteiger partial charge on any atom is -0.357 e. The summed E-state index contributed by atoms with van der Waals surface area (Å²) in [6.45, 7) is 7.32. The van der Waals surface area contributed by atoms with Crippen LogP contribution in [-0.4, -0.2) is 23.1 Å². The third-order valence-electron chi connectivity index (χ3n) is 2.97. The molecule has 19 heavy (non-hydrogen) atoms. The van der Waals surface area contributed by atoms with E-state index in [4.69, 9.17) is 0 Å². The first kappa shape index (κ1) is 13.8. The van der Waals surface area contributed by atoms with Crippen LogP contribution in [0.5, 0.6) is 0 Å². The molecule has 0 saturated carbocycles. The zero-order valence-corrected chi connectivity index (χ0v) is 12.7. The fourth-order valence-electron chi connectivity index (χ4n) is 1.92. The van der Waals surface area contributed by atoms with Crippen molar-refractivity contribution in [2.45, 2.75) is 33.4 Å². The molecule has 1 N–H and O–H groups in total. The Morgan fingerprint density at radius 1 is 1.42 bits per heavy atom. The fraction of sp³-hybridized carbons (Fsp3) is 0.429. The first-order valence-corrected chi connectivity index (χ1v) is 7.30. The molecule has 0 aromatic carbocycles. The lowest BCUT2D eigenvalue weighted by Gasteiger charge is -2.28. The van der Waals surface area contributed by atoms with Gasteiger partial charge < -0.3 is 10.2 Å². The van der Waals surface area contributed by atoms with Crippen molar-refractivity contribution in [2.24, 2.45) is 0 Å². The molecule has 2 aromatic heterocycles. The summed E-state index contributed by atoms with van der Waals surface area (Å²) in [5.41, 5.74) is 1.10. The van der Waals surface area contributed by atoms with Crippen LogP contribution in [-0.2, 0) is 6.54 Å². The van der Waals surface area contributed by atoms with E-state index in [1.165, 1.54) is 4.88 Å². The molecule has 0 saturated heterocycles. The van der Waals surface area contributed by atoms with Crippen molar-refractivity contribution < 1.29 is 0 Å². The number of aromatic nitrogens is 2. The molecule has 5 heteroatoms. The molecule has 4 nitrogen and oxygen atoms in total. The minimum atomic E-state index is 0.389. The van der Waals surface area contributed by atoms with Gasteiger partial charge in [-0.3, -0.25) is 0 Å². The van der Waals surface area contributed by atoms with Crippen LogP contribution in [0.4, 0.5) is 11.8 Å². The van der Waals surface area contributed by atoms with Crippen LogP contribution in [0.3, 0.4) is 0 Å². The zero-order chi connectivity index (χ0) is 13.8. The largest absolute Gasteiger partial charge is 0.357 e. The highest BCUT2D eigenvalue weighted by Crippen LogP contribution is 2.24. The monoisotopic (exact) mass is 276 g/mol. The van der Waals surface area contributed by atoms with Crippen molar-refractivity contribution in [3.05, 3.63) is 34.2 Å². The second-order valence-electron chi connectivity index (χ2n) is 4.75. The van der Waals surface area contributed by atoms with E-state index in [1.54, 1.807) is 11.3 Å². The molecule has 0 spiro atoms. The lowest BCUT2D eigenvalue weighted by Crippen LogP contribution is -2.31. The Bertz CT molecular complexity index is 522. The van der Waals surface area contributed by atoms with Gasteiger partial charge in [-0.05, 0) is 32.2 Å². The maximum absolute atomic E-state index is 4.60. The van der Waals surface area contributed by atoms with E-state index >= 15 is 0 Å². The molecule has 0 fully saturated rings. The summed E-state index contributed by atoms with van der Waals surface area (Å²) < 4.78 is 0. The number of hydrogen-bond acceptors (Lipinski definition) is 5. The van der Waals surface area contributed by atoms with Gasteiger partial charge >= 0.3 is 0 Å². The van der Waals surface area contributed by atoms with Gasteiger partial charge in [0.2, 0.25) is 5.95 Å². The maximum atomic E-state index is 4.60. The average Bonchev–Trinajstić information content (AvgIpc) is 2.89. The van der Waals surface area contributed by atoms with Gasteiger partial charge in [-0.25, -0.2) is 4.98 Å². The number of nitrogens with zero attached hydrogens (tertiary/aromatic N) is 3. The average molecular weight is 276 g/mol. The van der Waals surface area contributed by atoms with Crippen molar-refractivity contribution in [3.63, 3.8) is 0 Å². The molecule has 2 aromatic rings. The molecule has 0 aliphatic carbocycles. The van der Waals surface area contributed by atoms with Gasteiger partial charge in [0.05, 0.1) is 6.54 Å². The SMILES string of the molecule is CNc1ncc(C)c(N(Cc2cccs2)C(C)C)n1. The Labute approximate surface area is 118 Å². The number of aryl methyl sites for hydroxylation is 1. The maximum Gasteiger partial charge on any atom is 0.224 e. The van der Waals surface area contributed by atoms with Crippen molar-refractivity contribution in [2.75, 3.05) is 17.3 Å². The predicted octanol–water partition coefficient (Wildman–Crippen LogP) is 3.30. The van der Waals surface area contributed by atoms with Crippen LogP contribution >= 0.6 is 11.3 Å². The molecule has 0 amide bonds. The second-order valence-corrected chi connectivity index (χ2v) is 5.78. The van der Waals surface area contributed by atoms with Gasteiger partial charge in [-0.2, -0.15) is 4.98 Å². The molecule has 0 unspecified atom stereocenters. The number of anilines is 2. The molecule has 102 valence electrons. The number of nitrogens with one attached hydrogen (secondary N) is 1. The fourth-order valence-corrected chi connectivity index (χ4v) is 2.62. The Morgan fingerprint density at radius 2 is 2.21 bits per heavy atom. The molecule has 0 bridgehead atoms. The molecule has 0 radical (unpaired) electrons. The Kier molecular flexibility index (Phi) is 4.37. The lowest BCUT2D eigenvalue weighted by atomic mass is 10.2. The standard InChI is InChI=1S/C14H20N4S/c1-10(2)18(9-12-6-5-7-19-12)13-11(3)8-16-14(15-4)17-13/h5-8,10H,9H2,1-4H3,(H,15,16,17). The zero-order valence-electron chi connectivity index (χ0n) is 11.8. The highest BCUT2D eigenvalue weighted by atomic mass is 32.1. The smallest absolute Gasteiger partial charge is 0.224 e. The van der Waals surface area contributed by atoms with E-state index in [-0.39, 0.29) is 0 Å². The summed E-state index contributed by atoms with van der Waals surface area (Å²) in [7, 11) is 1.84. The summed E-state index contributed by atoms with van der Waals surface area (Å²) in [6.07, 6.45) is 1.87. The molecule has 0 aliphatic heterocycles. The summed E-state index contributed by atoms with van der Waals surface area (Å²) in [5, 5.41) is 5.11. The molecular formula is C14H20N4S. The topological polar surface area (TPSA) is 41.1 Å². The predicted molar refractivity (Wildman–Crippen MR) is 82.0 cm³/mol. The van der Waals surface area contributed by atoms with E-state index in [9.17, 15) is 0 Å². The number of hydrogen-bond donors (Lipinski definition) is 1. The van der Waals surface area contributed by atoms with Gasteiger partial charge in [0.15, 0.2) is 0 Å². The summed E-state index contributed by atoms with van der Waals surface area (Å²) in [4.78, 5) is 12.5. The highest BCUT2D eigenvalue weighted by molar-refractivity contribution is 7.09. The molecular weight excluding hydrogens is 256 g/mol. The van der Waals surface area contributed by atoms with Crippen LogP contribution in [0, 0.1) is 6.92 Å². The minimum absolute atomic E-state index is 0.389. The van der Waals surface area contributed by atoms with E-state index < -0.39 is 0 Å². The lowest BCUT2D eigenvalue weighted by molar-refractivity contribution is 0.673. The first-order chi connectivity index (χ1) is 9.11. The second kappa shape index (κ2) is 6.02. The third-order valence-corrected chi connectivity index (χ3v) is 3.83. The van der Waals surface area contributed by atoms with Gasteiger partial charge in [0.1, 0.15) is 5.82 Å². The van der Waals surface area contributed by atoms with Gasteiger partial charge in [-0.15, -0.1) is 11.3 Å². The molecule has 0 aliphatic rings. The van der Waals surface area contributed by atoms with Gasteiger partial charge in [0.25, 0.3) is 0 Å². The van der Waals surface area contributed by atoms with Gasteiger partial charge in [-0.1, -0.05) is 6.07 Å².